The number of carbonyl (C=O) groups excluding carboxylic acids is 2. The van der Waals surface area contributed by atoms with Crippen molar-refractivity contribution in [2.75, 3.05) is 12.9 Å². The zero-order valence-corrected chi connectivity index (χ0v) is 20.3. The lowest BCUT2D eigenvalue weighted by Crippen LogP contribution is -2.50. The topological polar surface area (TPSA) is 58.6 Å². The SMILES string of the molecule is COc1cccc(CN(C(=O)CSCc2ccccc2Cl)[C@H](C)C(=O)NC2CCCC2)c1. The van der Waals surface area contributed by atoms with Gasteiger partial charge in [-0.25, -0.2) is 0 Å². The molecule has 2 aromatic carbocycles. The first-order valence-corrected chi connectivity index (χ1v) is 12.5. The minimum absolute atomic E-state index is 0.0704. The third-order valence-corrected chi connectivity index (χ3v) is 7.13. The van der Waals surface area contributed by atoms with E-state index in [4.69, 9.17) is 16.3 Å². The van der Waals surface area contributed by atoms with Crippen molar-refractivity contribution in [2.45, 2.75) is 57.0 Å². The molecule has 0 spiro atoms. The molecule has 32 heavy (non-hydrogen) atoms. The van der Waals surface area contributed by atoms with Crippen molar-refractivity contribution in [3.8, 4) is 5.75 Å². The maximum absolute atomic E-state index is 13.2. The minimum atomic E-state index is -0.560. The van der Waals surface area contributed by atoms with Gasteiger partial charge in [0.2, 0.25) is 11.8 Å². The average Bonchev–Trinajstić information content (AvgIpc) is 3.31. The van der Waals surface area contributed by atoms with Crippen LogP contribution in [0.15, 0.2) is 48.5 Å². The Morgan fingerprint density at radius 2 is 1.94 bits per heavy atom. The van der Waals surface area contributed by atoms with Crippen LogP contribution < -0.4 is 10.1 Å². The number of halogens is 1. The summed E-state index contributed by atoms with van der Waals surface area (Å²) in [6.45, 7) is 2.16. The van der Waals surface area contributed by atoms with E-state index in [1.54, 1.807) is 18.9 Å². The molecule has 1 saturated carbocycles. The van der Waals surface area contributed by atoms with E-state index in [0.717, 1.165) is 42.6 Å². The van der Waals surface area contributed by atoms with E-state index in [2.05, 4.69) is 5.32 Å². The zero-order valence-electron chi connectivity index (χ0n) is 18.7. The Hall–Kier alpha value is -2.18. The van der Waals surface area contributed by atoms with Gasteiger partial charge in [0.05, 0.1) is 12.9 Å². The van der Waals surface area contributed by atoms with E-state index >= 15 is 0 Å². The van der Waals surface area contributed by atoms with E-state index in [9.17, 15) is 9.59 Å². The number of hydrogen-bond acceptors (Lipinski definition) is 4. The van der Waals surface area contributed by atoms with Gasteiger partial charge in [0.1, 0.15) is 11.8 Å². The van der Waals surface area contributed by atoms with Crippen molar-refractivity contribution in [3.05, 3.63) is 64.7 Å². The molecule has 0 saturated heterocycles. The summed E-state index contributed by atoms with van der Waals surface area (Å²) in [6, 6.07) is 14.9. The molecule has 1 atom stereocenters. The van der Waals surface area contributed by atoms with Crippen molar-refractivity contribution in [3.63, 3.8) is 0 Å². The van der Waals surface area contributed by atoms with Gasteiger partial charge in [-0.15, -0.1) is 11.8 Å². The molecule has 2 amide bonds. The molecule has 0 heterocycles. The van der Waals surface area contributed by atoms with Gasteiger partial charge >= 0.3 is 0 Å². The summed E-state index contributed by atoms with van der Waals surface area (Å²) in [7, 11) is 1.62. The van der Waals surface area contributed by atoms with Crippen LogP contribution in [0.3, 0.4) is 0 Å². The van der Waals surface area contributed by atoms with Crippen LogP contribution in [0.5, 0.6) is 5.75 Å². The molecule has 2 aromatic rings. The number of nitrogens with one attached hydrogen (secondary N) is 1. The molecule has 5 nitrogen and oxygen atoms in total. The second kappa shape index (κ2) is 12.2. The Morgan fingerprint density at radius 1 is 1.19 bits per heavy atom. The summed E-state index contributed by atoms with van der Waals surface area (Å²) >= 11 is 7.74. The van der Waals surface area contributed by atoms with Crippen molar-refractivity contribution in [1.29, 1.82) is 0 Å². The van der Waals surface area contributed by atoms with Crippen LogP contribution in [0.1, 0.15) is 43.7 Å². The first kappa shape index (κ1) is 24.5. The first-order chi connectivity index (χ1) is 15.5. The first-order valence-electron chi connectivity index (χ1n) is 11.0. The molecule has 172 valence electrons. The Morgan fingerprint density at radius 3 is 2.66 bits per heavy atom. The lowest BCUT2D eigenvalue weighted by Gasteiger charge is -2.30. The molecule has 3 rings (SSSR count). The lowest BCUT2D eigenvalue weighted by atomic mass is 10.1. The lowest BCUT2D eigenvalue weighted by molar-refractivity contribution is -0.138. The molecule has 0 radical (unpaired) electrons. The molecule has 0 bridgehead atoms. The quantitative estimate of drug-likeness (QED) is 0.523. The molecule has 0 aromatic heterocycles. The number of amides is 2. The van der Waals surface area contributed by atoms with Crippen molar-refractivity contribution in [2.24, 2.45) is 0 Å². The van der Waals surface area contributed by atoms with Gasteiger partial charge in [-0.1, -0.05) is 54.8 Å². The highest BCUT2D eigenvalue weighted by Crippen LogP contribution is 2.23. The zero-order chi connectivity index (χ0) is 22.9. The van der Waals surface area contributed by atoms with Crippen molar-refractivity contribution >= 4 is 35.2 Å². The molecule has 7 heteroatoms. The number of benzene rings is 2. The summed E-state index contributed by atoms with van der Waals surface area (Å²) in [4.78, 5) is 27.8. The largest absolute Gasteiger partial charge is 0.497 e. The predicted molar refractivity (Wildman–Crippen MR) is 131 cm³/mol. The highest BCUT2D eigenvalue weighted by Gasteiger charge is 2.28. The Labute approximate surface area is 199 Å². The smallest absolute Gasteiger partial charge is 0.242 e. The summed E-state index contributed by atoms with van der Waals surface area (Å²) in [5, 5.41) is 3.83. The van der Waals surface area contributed by atoms with Crippen LogP contribution in [0.4, 0.5) is 0 Å². The van der Waals surface area contributed by atoms with Crippen molar-refractivity contribution < 1.29 is 14.3 Å². The number of ether oxygens (including phenoxy) is 1. The fourth-order valence-corrected chi connectivity index (χ4v) is 5.08. The highest BCUT2D eigenvalue weighted by molar-refractivity contribution is 7.99. The fourth-order valence-electron chi connectivity index (χ4n) is 3.89. The third-order valence-electron chi connectivity index (χ3n) is 5.80. The van der Waals surface area contributed by atoms with E-state index in [1.807, 2.05) is 48.5 Å². The Bertz CT molecular complexity index is 918. The molecule has 0 aliphatic heterocycles. The van der Waals surface area contributed by atoms with Crippen LogP contribution in [-0.4, -0.2) is 41.7 Å². The van der Waals surface area contributed by atoms with E-state index < -0.39 is 6.04 Å². The Kier molecular flexibility index (Phi) is 9.30. The van der Waals surface area contributed by atoms with Crippen LogP contribution >= 0.6 is 23.4 Å². The second-order valence-electron chi connectivity index (χ2n) is 8.12. The monoisotopic (exact) mass is 474 g/mol. The van der Waals surface area contributed by atoms with E-state index in [0.29, 0.717) is 17.3 Å². The summed E-state index contributed by atoms with van der Waals surface area (Å²) in [5.41, 5.74) is 1.92. The molecule has 1 N–H and O–H groups in total. The standard InChI is InChI=1S/C25H31ClN2O3S/c1-18(25(30)27-21-10-4-5-11-21)28(15-19-8-7-12-22(14-19)31-2)24(29)17-32-16-20-9-3-6-13-23(20)26/h3,6-9,12-14,18,21H,4-5,10-11,15-17H2,1-2H3,(H,27,30)/t18-/m1/s1. The van der Waals surface area contributed by atoms with Gasteiger partial charge in [0.15, 0.2) is 0 Å². The van der Waals surface area contributed by atoms with Crippen LogP contribution in [0.25, 0.3) is 0 Å². The van der Waals surface area contributed by atoms with Gasteiger partial charge in [0, 0.05) is 23.4 Å². The Balaban J connectivity index is 1.68. The van der Waals surface area contributed by atoms with E-state index in [1.165, 1.54) is 11.8 Å². The van der Waals surface area contributed by atoms with Gasteiger partial charge < -0.3 is 15.0 Å². The summed E-state index contributed by atoms with van der Waals surface area (Å²) in [6.07, 6.45) is 4.31. The number of rotatable bonds is 10. The number of hydrogen-bond donors (Lipinski definition) is 1. The summed E-state index contributed by atoms with van der Waals surface area (Å²) in [5.74, 6) is 1.48. The molecule has 1 aliphatic rings. The van der Waals surface area contributed by atoms with Gasteiger partial charge in [-0.05, 0) is 49.1 Å². The summed E-state index contributed by atoms with van der Waals surface area (Å²) < 4.78 is 5.32. The van der Waals surface area contributed by atoms with Crippen LogP contribution in [-0.2, 0) is 21.9 Å². The molecular formula is C25H31ClN2O3S. The molecule has 0 unspecified atom stereocenters. The number of carbonyl (C=O) groups is 2. The number of thioether (sulfide) groups is 1. The van der Waals surface area contributed by atoms with Crippen LogP contribution in [0, 0.1) is 0 Å². The van der Waals surface area contributed by atoms with Gasteiger partial charge in [0.25, 0.3) is 0 Å². The predicted octanol–water partition coefficient (Wildman–Crippen LogP) is 5.06. The number of nitrogens with zero attached hydrogens (tertiary/aromatic N) is 1. The highest BCUT2D eigenvalue weighted by atomic mass is 35.5. The maximum Gasteiger partial charge on any atom is 0.242 e. The normalized spacial score (nSPS) is 14.7. The maximum atomic E-state index is 13.2. The molecular weight excluding hydrogens is 444 g/mol. The minimum Gasteiger partial charge on any atom is -0.497 e. The third kappa shape index (κ3) is 6.91. The fraction of sp³-hybridized carbons (Fsp3) is 0.440. The van der Waals surface area contributed by atoms with Crippen LogP contribution in [0.2, 0.25) is 5.02 Å². The molecule has 1 fully saturated rings. The number of methoxy groups -OCH3 is 1. The van der Waals surface area contributed by atoms with Crippen molar-refractivity contribution in [1.82, 2.24) is 10.2 Å². The molecule has 1 aliphatic carbocycles. The second-order valence-corrected chi connectivity index (χ2v) is 9.52. The van der Waals surface area contributed by atoms with Gasteiger partial charge in [-0.3, -0.25) is 9.59 Å². The van der Waals surface area contributed by atoms with Gasteiger partial charge in [-0.2, -0.15) is 0 Å². The average molecular weight is 475 g/mol. The van der Waals surface area contributed by atoms with E-state index in [-0.39, 0.29) is 23.6 Å².